The van der Waals surface area contributed by atoms with Crippen molar-refractivity contribution in [3.8, 4) is 0 Å². The molecule has 0 spiro atoms. The van der Waals surface area contributed by atoms with Gasteiger partial charge < -0.3 is 20.7 Å². The normalized spacial score (nSPS) is 15.9. The summed E-state index contributed by atoms with van der Waals surface area (Å²) in [5, 5.41) is 9.32. The van der Waals surface area contributed by atoms with E-state index in [4.69, 9.17) is 27.9 Å². The molecule has 148 valence electrons. The van der Waals surface area contributed by atoms with Crippen LogP contribution in [0.5, 0.6) is 0 Å². The summed E-state index contributed by atoms with van der Waals surface area (Å²) in [4.78, 5) is 24.1. The van der Waals surface area contributed by atoms with Crippen LogP contribution in [0.3, 0.4) is 0 Å². The maximum Gasteiger partial charge on any atom is 0.319 e. The Morgan fingerprint density at radius 2 is 1.75 bits per heavy atom. The van der Waals surface area contributed by atoms with Crippen molar-refractivity contribution in [3.63, 3.8) is 0 Å². The maximum atomic E-state index is 12.2. The second-order valence-electron chi connectivity index (χ2n) is 6.51. The molecule has 1 heterocycles. The number of ether oxygens (including phenoxy) is 1. The molecule has 1 aliphatic rings. The number of hydrogen-bond donors (Lipinski definition) is 3. The topological polar surface area (TPSA) is 79.5 Å². The van der Waals surface area contributed by atoms with Gasteiger partial charge in [-0.05, 0) is 54.8 Å². The highest BCUT2D eigenvalue weighted by Gasteiger charge is 2.16. The standard InChI is InChI=1S/C20H21Cl2N3O3/c21-14-4-3-13(18(22)11-14)10-19(26)24-15-5-7-16(8-6-15)25-20(27)23-12-17-2-1-9-28-17/h3-8,11,17H,1-2,9-10,12H2,(H,24,26)(H2,23,25,27). The van der Waals surface area contributed by atoms with Gasteiger partial charge in [-0.1, -0.05) is 29.3 Å². The highest BCUT2D eigenvalue weighted by atomic mass is 35.5. The molecular weight excluding hydrogens is 401 g/mol. The molecule has 0 radical (unpaired) electrons. The summed E-state index contributed by atoms with van der Waals surface area (Å²) in [5.74, 6) is -0.195. The molecule has 1 aliphatic heterocycles. The summed E-state index contributed by atoms with van der Waals surface area (Å²) in [6.45, 7) is 1.25. The van der Waals surface area contributed by atoms with Crippen LogP contribution in [0.15, 0.2) is 42.5 Å². The molecular formula is C20H21Cl2N3O3. The number of urea groups is 1. The number of hydrogen-bond acceptors (Lipinski definition) is 3. The summed E-state index contributed by atoms with van der Waals surface area (Å²) < 4.78 is 5.46. The van der Waals surface area contributed by atoms with Crippen LogP contribution in [-0.4, -0.2) is 31.2 Å². The van der Waals surface area contributed by atoms with E-state index in [2.05, 4.69) is 16.0 Å². The van der Waals surface area contributed by atoms with Gasteiger partial charge in [-0.2, -0.15) is 0 Å². The average Bonchev–Trinajstić information content (AvgIpc) is 3.18. The van der Waals surface area contributed by atoms with Gasteiger partial charge in [0.1, 0.15) is 0 Å². The summed E-state index contributed by atoms with van der Waals surface area (Å²) in [7, 11) is 0. The van der Waals surface area contributed by atoms with Crippen molar-refractivity contribution < 1.29 is 14.3 Å². The molecule has 3 N–H and O–H groups in total. The third kappa shape index (κ3) is 6.12. The smallest absolute Gasteiger partial charge is 0.319 e. The van der Waals surface area contributed by atoms with Crippen molar-refractivity contribution in [1.82, 2.24) is 5.32 Å². The van der Waals surface area contributed by atoms with E-state index in [0.717, 1.165) is 19.4 Å². The number of benzene rings is 2. The van der Waals surface area contributed by atoms with Crippen LogP contribution in [0.4, 0.5) is 16.2 Å². The number of halogens is 2. The number of carbonyl (C=O) groups excluding carboxylic acids is 2. The molecule has 0 bridgehead atoms. The Balaban J connectivity index is 1.46. The van der Waals surface area contributed by atoms with Gasteiger partial charge in [-0.25, -0.2) is 4.79 Å². The van der Waals surface area contributed by atoms with Crippen molar-refractivity contribution >= 4 is 46.5 Å². The van der Waals surface area contributed by atoms with Gasteiger partial charge in [0.15, 0.2) is 0 Å². The first-order valence-electron chi connectivity index (χ1n) is 9.00. The van der Waals surface area contributed by atoms with Gasteiger partial charge in [0.2, 0.25) is 5.91 Å². The van der Waals surface area contributed by atoms with E-state index in [0.29, 0.717) is 33.5 Å². The molecule has 2 aromatic rings. The van der Waals surface area contributed by atoms with Crippen LogP contribution in [0.25, 0.3) is 0 Å². The molecule has 28 heavy (non-hydrogen) atoms. The minimum atomic E-state index is -0.287. The van der Waals surface area contributed by atoms with Gasteiger partial charge in [0.25, 0.3) is 0 Å². The van der Waals surface area contributed by atoms with E-state index in [9.17, 15) is 9.59 Å². The molecule has 0 saturated carbocycles. The van der Waals surface area contributed by atoms with Crippen molar-refractivity contribution in [3.05, 3.63) is 58.1 Å². The van der Waals surface area contributed by atoms with Crippen LogP contribution >= 0.6 is 23.2 Å². The molecule has 3 rings (SSSR count). The molecule has 0 aliphatic carbocycles. The first-order chi connectivity index (χ1) is 13.5. The Labute approximate surface area is 173 Å². The Bertz CT molecular complexity index is 837. The lowest BCUT2D eigenvalue weighted by molar-refractivity contribution is -0.115. The first-order valence-corrected chi connectivity index (χ1v) is 9.75. The monoisotopic (exact) mass is 421 g/mol. The predicted octanol–water partition coefficient (Wildman–Crippen LogP) is 4.48. The molecule has 1 fully saturated rings. The lowest BCUT2D eigenvalue weighted by Gasteiger charge is -2.12. The molecule has 1 atom stereocenters. The minimum absolute atomic E-state index is 0.0949. The number of anilines is 2. The number of amides is 3. The van der Waals surface area contributed by atoms with Gasteiger partial charge in [0.05, 0.1) is 12.5 Å². The van der Waals surface area contributed by atoms with E-state index in [-0.39, 0.29) is 24.5 Å². The molecule has 0 aromatic heterocycles. The summed E-state index contributed by atoms with van der Waals surface area (Å²) in [5.41, 5.74) is 1.95. The lowest BCUT2D eigenvalue weighted by Crippen LogP contribution is -2.35. The fourth-order valence-electron chi connectivity index (χ4n) is 2.87. The minimum Gasteiger partial charge on any atom is -0.376 e. The van der Waals surface area contributed by atoms with Crippen molar-refractivity contribution in [2.75, 3.05) is 23.8 Å². The van der Waals surface area contributed by atoms with Crippen LogP contribution in [0.1, 0.15) is 18.4 Å². The third-order valence-corrected chi connectivity index (χ3v) is 4.89. The van der Waals surface area contributed by atoms with Gasteiger partial charge in [-0.3, -0.25) is 4.79 Å². The van der Waals surface area contributed by atoms with Crippen LogP contribution in [-0.2, 0) is 16.0 Å². The summed E-state index contributed by atoms with van der Waals surface area (Å²) >= 11 is 12.0. The van der Waals surface area contributed by atoms with Crippen LogP contribution in [0, 0.1) is 0 Å². The molecule has 6 nitrogen and oxygen atoms in total. The number of nitrogens with one attached hydrogen (secondary N) is 3. The second kappa shape index (κ2) is 9.78. The molecule has 2 aromatic carbocycles. The fraction of sp³-hybridized carbons (Fsp3) is 0.300. The average molecular weight is 422 g/mol. The zero-order chi connectivity index (χ0) is 19.9. The lowest BCUT2D eigenvalue weighted by atomic mass is 10.1. The van der Waals surface area contributed by atoms with Gasteiger partial charge >= 0.3 is 6.03 Å². The highest BCUT2D eigenvalue weighted by Crippen LogP contribution is 2.22. The SMILES string of the molecule is O=C(Cc1ccc(Cl)cc1Cl)Nc1ccc(NC(=O)NCC2CCCO2)cc1. The Morgan fingerprint density at radius 3 is 2.39 bits per heavy atom. The third-order valence-electron chi connectivity index (χ3n) is 4.31. The molecule has 1 saturated heterocycles. The molecule has 8 heteroatoms. The Morgan fingerprint density at radius 1 is 1.04 bits per heavy atom. The van der Waals surface area contributed by atoms with Crippen molar-refractivity contribution in [1.29, 1.82) is 0 Å². The van der Waals surface area contributed by atoms with Crippen LogP contribution in [0.2, 0.25) is 10.0 Å². The van der Waals surface area contributed by atoms with Gasteiger partial charge in [0, 0.05) is 34.6 Å². The van der Waals surface area contributed by atoms with E-state index < -0.39 is 0 Å². The van der Waals surface area contributed by atoms with Gasteiger partial charge in [-0.15, -0.1) is 0 Å². The summed E-state index contributed by atoms with van der Waals surface area (Å²) in [6, 6.07) is 11.6. The van der Waals surface area contributed by atoms with E-state index >= 15 is 0 Å². The predicted molar refractivity (Wildman–Crippen MR) is 111 cm³/mol. The van der Waals surface area contributed by atoms with E-state index in [1.165, 1.54) is 0 Å². The quantitative estimate of drug-likeness (QED) is 0.643. The highest BCUT2D eigenvalue weighted by molar-refractivity contribution is 6.35. The van der Waals surface area contributed by atoms with Crippen molar-refractivity contribution in [2.45, 2.75) is 25.4 Å². The molecule has 1 unspecified atom stereocenters. The van der Waals surface area contributed by atoms with E-state index in [1.807, 2.05) is 0 Å². The maximum absolute atomic E-state index is 12.2. The van der Waals surface area contributed by atoms with E-state index in [1.54, 1.807) is 42.5 Å². The molecule has 3 amide bonds. The number of carbonyl (C=O) groups is 2. The zero-order valence-corrected chi connectivity index (χ0v) is 16.6. The Hall–Kier alpha value is -2.28. The second-order valence-corrected chi connectivity index (χ2v) is 7.35. The zero-order valence-electron chi connectivity index (χ0n) is 15.1. The number of rotatable bonds is 6. The fourth-order valence-corrected chi connectivity index (χ4v) is 3.34. The first kappa shape index (κ1) is 20.5. The largest absolute Gasteiger partial charge is 0.376 e. The summed E-state index contributed by atoms with van der Waals surface area (Å²) in [6.07, 6.45) is 2.24. The Kier molecular flexibility index (Phi) is 7.14. The van der Waals surface area contributed by atoms with Crippen LogP contribution < -0.4 is 16.0 Å². The van der Waals surface area contributed by atoms with Crippen molar-refractivity contribution in [2.24, 2.45) is 0 Å².